The fourth-order valence-corrected chi connectivity index (χ4v) is 3.68. The molecule has 1 saturated heterocycles. The van der Waals surface area contributed by atoms with Crippen LogP contribution in [0.15, 0.2) is 53.5 Å². The van der Waals surface area contributed by atoms with Crippen molar-refractivity contribution in [1.29, 1.82) is 0 Å². The van der Waals surface area contributed by atoms with Crippen molar-refractivity contribution in [2.45, 2.75) is 30.4 Å². The van der Waals surface area contributed by atoms with Crippen molar-refractivity contribution < 1.29 is 0 Å². The van der Waals surface area contributed by atoms with Gasteiger partial charge in [-0.15, -0.1) is 11.8 Å². The molecule has 0 saturated carbocycles. The lowest BCUT2D eigenvalue weighted by Crippen LogP contribution is -2.43. The number of allylic oxidation sites excluding steroid dienone is 2. The predicted octanol–water partition coefficient (Wildman–Crippen LogP) is 4.10. The number of rotatable bonds is 6. The molecule has 1 heterocycles. The molecule has 1 aromatic carbocycles. The number of hydrogen-bond acceptors (Lipinski definition) is 3. The number of anilines is 1. The molecule has 0 amide bonds. The van der Waals surface area contributed by atoms with Gasteiger partial charge in [0, 0.05) is 36.3 Å². The second-order valence-corrected chi connectivity index (χ2v) is 6.71. The van der Waals surface area contributed by atoms with E-state index in [-0.39, 0.29) is 0 Å². The third kappa shape index (κ3) is 4.65. The van der Waals surface area contributed by atoms with Gasteiger partial charge in [-0.1, -0.05) is 36.4 Å². The van der Waals surface area contributed by atoms with Crippen LogP contribution < -0.4 is 10.2 Å². The van der Waals surface area contributed by atoms with Crippen molar-refractivity contribution in [1.82, 2.24) is 5.32 Å². The summed E-state index contributed by atoms with van der Waals surface area (Å²) < 4.78 is 0. The average molecular weight is 302 g/mol. The maximum absolute atomic E-state index is 4.17. The van der Waals surface area contributed by atoms with Crippen LogP contribution in [-0.2, 0) is 0 Å². The van der Waals surface area contributed by atoms with Crippen LogP contribution in [0.3, 0.4) is 0 Å². The minimum Gasteiger partial charge on any atom is -0.368 e. The second kappa shape index (κ2) is 8.30. The lowest BCUT2D eigenvalue weighted by molar-refractivity contribution is 0.587. The Bertz CT molecular complexity index is 490. The van der Waals surface area contributed by atoms with E-state index in [4.69, 9.17) is 0 Å². The summed E-state index contributed by atoms with van der Waals surface area (Å²) in [6.45, 7) is 12.7. The summed E-state index contributed by atoms with van der Waals surface area (Å²) in [6.07, 6.45) is 5.41. The molecule has 3 heteroatoms. The smallest absolute Gasteiger partial charge is 0.0505 e. The Balaban J connectivity index is 2.16. The molecule has 114 valence electrons. The number of para-hydroxylation sites is 1. The zero-order chi connectivity index (χ0) is 15.1. The molecule has 0 bridgehead atoms. The Labute approximate surface area is 133 Å². The van der Waals surface area contributed by atoms with Gasteiger partial charge in [-0.25, -0.2) is 0 Å². The highest BCUT2D eigenvalue weighted by molar-refractivity contribution is 8.00. The van der Waals surface area contributed by atoms with Crippen molar-refractivity contribution in [2.75, 3.05) is 31.1 Å². The molecule has 1 aromatic rings. The van der Waals surface area contributed by atoms with Crippen LogP contribution >= 0.6 is 11.8 Å². The van der Waals surface area contributed by atoms with Gasteiger partial charge in [0.25, 0.3) is 0 Å². The van der Waals surface area contributed by atoms with E-state index >= 15 is 0 Å². The van der Waals surface area contributed by atoms with Gasteiger partial charge in [0.1, 0.15) is 0 Å². The van der Waals surface area contributed by atoms with E-state index in [9.17, 15) is 0 Å². The van der Waals surface area contributed by atoms with Gasteiger partial charge < -0.3 is 10.2 Å². The first kappa shape index (κ1) is 16.2. The predicted molar refractivity (Wildman–Crippen MR) is 95.4 cm³/mol. The van der Waals surface area contributed by atoms with Gasteiger partial charge in [-0.2, -0.15) is 0 Å². The Morgan fingerprint density at radius 1 is 1.38 bits per heavy atom. The van der Waals surface area contributed by atoms with E-state index in [1.165, 1.54) is 16.2 Å². The molecule has 1 aliphatic heterocycles. The summed E-state index contributed by atoms with van der Waals surface area (Å²) in [5.41, 5.74) is 2.61. The summed E-state index contributed by atoms with van der Waals surface area (Å²) in [7, 11) is 0. The van der Waals surface area contributed by atoms with E-state index in [0.29, 0.717) is 5.25 Å². The lowest BCUT2D eigenvalue weighted by Gasteiger charge is -2.31. The average Bonchev–Trinajstić information content (AvgIpc) is 2.52. The van der Waals surface area contributed by atoms with Gasteiger partial charge >= 0.3 is 0 Å². The summed E-state index contributed by atoms with van der Waals surface area (Å²) in [5.74, 6) is 0. The van der Waals surface area contributed by atoms with Gasteiger partial charge in [0.05, 0.1) is 5.69 Å². The summed E-state index contributed by atoms with van der Waals surface area (Å²) in [5, 5.41) is 3.87. The van der Waals surface area contributed by atoms with Crippen LogP contribution in [0, 0.1) is 0 Å². The maximum Gasteiger partial charge on any atom is 0.0505 e. The first-order valence-corrected chi connectivity index (χ1v) is 8.58. The largest absolute Gasteiger partial charge is 0.368 e. The van der Waals surface area contributed by atoms with E-state index in [2.05, 4.69) is 67.1 Å². The number of nitrogens with zero attached hydrogens (tertiary/aromatic N) is 1. The molecule has 1 unspecified atom stereocenters. The minimum atomic E-state index is 0.449. The molecule has 21 heavy (non-hydrogen) atoms. The van der Waals surface area contributed by atoms with Gasteiger partial charge in [0.15, 0.2) is 0 Å². The van der Waals surface area contributed by atoms with Crippen molar-refractivity contribution >= 4 is 17.4 Å². The fourth-order valence-electron chi connectivity index (χ4n) is 2.49. The van der Waals surface area contributed by atoms with Gasteiger partial charge in [0.2, 0.25) is 0 Å². The van der Waals surface area contributed by atoms with Crippen LogP contribution in [0.1, 0.15) is 20.3 Å². The molecular weight excluding hydrogens is 276 g/mol. The van der Waals surface area contributed by atoms with Crippen LogP contribution in [0.25, 0.3) is 0 Å². The molecule has 1 fully saturated rings. The van der Waals surface area contributed by atoms with Crippen molar-refractivity contribution in [2.24, 2.45) is 0 Å². The molecule has 2 rings (SSSR count). The van der Waals surface area contributed by atoms with Crippen LogP contribution in [0.2, 0.25) is 0 Å². The van der Waals surface area contributed by atoms with Gasteiger partial charge in [-0.05, 0) is 32.4 Å². The van der Waals surface area contributed by atoms with Crippen molar-refractivity contribution in [3.8, 4) is 0 Å². The van der Waals surface area contributed by atoms with Crippen LogP contribution in [0.4, 0.5) is 5.69 Å². The molecular formula is C18H26N2S. The molecule has 0 aromatic heterocycles. The molecule has 0 aliphatic carbocycles. The number of thioether (sulfide) groups is 1. The maximum atomic E-state index is 4.17. The van der Waals surface area contributed by atoms with E-state index in [0.717, 1.165) is 32.6 Å². The van der Waals surface area contributed by atoms with Crippen molar-refractivity contribution in [3.05, 3.63) is 48.6 Å². The summed E-state index contributed by atoms with van der Waals surface area (Å²) in [4.78, 5) is 3.86. The second-order valence-electron chi connectivity index (χ2n) is 5.46. The first-order valence-electron chi connectivity index (χ1n) is 7.70. The van der Waals surface area contributed by atoms with Crippen LogP contribution in [-0.4, -0.2) is 31.4 Å². The Morgan fingerprint density at radius 3 is 2.76 bits per heavy atom. The standard InChI is InChI=1S/C18H26N2S/c1-4-5-9-17(15(2)3)21-18-10-7-6-8-16(18)20-13-11-19-12-14-20/h4-8,10,17,19H,2,9,11-14H2,1,3H3/b5-4+. The zero-order valence-electron chi connectivity index (χ0n) is 13.1. The van der Waals surface area contributed by atoms with Gasteiger partial charge in [-0.3, -0.25) is 0 Å². The number of benzene rings is 1. The third-order valence-corrected chi connectivity index (χ3v) is 5.21. The third-order valence-electron chi connectivity index (χ3n) is 3.73. The number of nitrogens with one attached hydrogen (secondary N) is 1. The molecule has 1 aliphatic rings. The highest BCUT2D eigenvalue weighted by atomic mass is 32.2. The normalized spacial score (nSPS) is 17.1. The Morgan fingerprint density at radius 2 is 2.10 bits per heavy atom. The minimum absolute atomic E-state index is 0.449. The molecule has 2 nitrogen and oxygen atoms in total. The van der Waals surface area contributed by atoms with Crippen LogP contribution in [0.5, 0.6) is 0 Å². The highest BCUT2D eigenvalue weighted by Gasteiger charge is 2.17. The number of hydrogen-bond donors (Lipinski definition) is 1. The topological polar surface area (TPSA) is 15.3 Å². The van der Waals surface area contributed by atoms with E-state index in [1.807, 2.05) is 11.8 Å². The molecule has 0 radical (unpaired) electrons. The van der Waals surface area contributed by atoms with E-state index in [1.54, 1.807) is 0 Å². The molecule has 1 N–H and O–H groups in total. The summed E-state index contributed by atoms with van der Waals surface area (Å²) in [6, 6.07) is 8.77. The number of piperazine rings is 1. The fraction of sp³-hybridized carbons (Fsp3) is 0.444. The quantitative estimate of drug-likeness (QED) is 0.629. The Kier molecular flexibility index (Phi) is 6.40. The lowest BCUT2D eigenvalue weighted by atomic mass is 10.2. The summed E-state index contributed by atoms with van der Waals surface area (Å²) >= 11 is 1.94. The molecule has 0 spiro atoms. The Hall–Kier alpha value is -1.19. The van der Waals surface area contributed by atoms with E-state index < -0.39 is 0 Å². The zero-order valence-corrected chi connectivity index (χ0v) is 14.0. The monoisotopic (exact) mass is 302 g/mol. The highest BCUT2D eigenvalue weighted by Crippen LogP contribution is 2.36. The SMILES string of the molecule is C=C(C)C(C/C=C/C)Sc1ccccc1N1CCNCC1. The first-order chi connectivity index (χ1) is 10.2. The van der Waals surface area contributed by atoms with Crippen molar-refractivity contribution in [3.63, 3.8) is 0 Å². The molecule has 1 atom stereocenters.